The summed E-state index contributed by atoms with van der Waals surface area (Å²) in [5.41, 5.74) is 8.03. The molecule has 3 aliphatic rings. The van der Waals surface area contributed by atoms with Crippen LogP contribution in [0.1, 0.15) is 137 Å². The molecule has 1 aliphatic heterocycles. The molecule has 1 saturated carbocycles. The van der Waals surface area contributed by atoms with Crippen molar-refractivity contribution in [1.82, 2.24) is 14.9 Å². The van der Waals surface area contributed by atoms with Crippen LogP contribution in [0.3, 0.4) is 0 Å². The van der Waals surface area contributed by atoms with Gasteiger partial charge >= 0.3 is 5.97 Å². The number of nitrogens with two attached hydrogens (primary N) is 1. The number of amides is 1. The summed E-state index contributed by atoms with van der Waals surface area (Å²) in [6.07, 6.45) is 41.1. The molecular formula is C44H72N4O3. The molecule has 7 heteroatoms. The second-order valence-electron chi connectivity index (χ2n) is 15.3. The summed E-state index contributed by atoms with van der Waals surface area (Å²) in [6.45, 7) is 17.0. The topological polar surface area (TPSA) is 98.4 Å². The van der Waals surface area contributed by atoms with E-state index in [0.29, 0.717) is 19.0 Å². The van der Waals surface area contributed by atoms with E-state index in [0.717, 1.165) is 49.3 Å². The zero-order chi connectivity index (χ0) is 38.2. The molecule has 0 aromatic carbocycles. The van der Waals surface area contributed by atoms with Crippen LogP contribution in [0.25, 0.3) is 0 Å². The number of terminal acetylenes is 1. The highest BCUT2D eigenvalue weighted by Gasteiger charge is 2.35. The van der Waals surface area contributed by atoms with E-state index in [2.05, 4.69) is 67.0 Å². The zero-order valence-electron chi connectivity index (χ0n) is 33.5. The predicted octanol–water partition coefficient (Wildman–Crippen LogP) is 9.46. The predicted molar refractivity (Wildman–Crippen MR) is 214 cm³/mol. The Bertz CT molecular complexity index is 1200. The number of esters is 1. The first-order valence-corrected chi connectivity index (χ1v) is 19.8. The molecule has 2 N–H and O–H groups in total. The number of hydrogen-bond donors (Lipinski definition) is 1. The van der Waals surface area contributed by atoms with Gasteiger partial charge in [0.15, 0.2) is 0 Å². The number of allylic oxidation sites excluding steroid dienone is 5. The van der Waals surface area contributed by atoms with Crippen molar-refractivity contribution in [3.05, 3.63) is 59.7 Å². The van der Waals surface area contributed by atoms with Crippen LogP contribution in [0.5, 0.6) is 0 Å². The molecule has 7 nitrogen and oxygen atoms in total. The number of ether oxygens (including phenoxy) is 1. The Labute approximate surface area is 312 Å². The molecule has 1 aromatic heterocycles. The van der Waals surface area contributed by atoms with Crippen LogP contribution in [0.15, 0.2) is 48.3 Å². The Balaban J connectivity index is 0.000000638. The number of aromatic nitrogens is 2. The standard InChI is InChI=1S/C31H49N3.C9H15NO3.C2H6.C2H2/c1-4-9-26-14-17-30(18-15-26)29-12-7-6-10-27(16-19-29)21-28-22-33-31(34-23-28)13-8-11-25(5-2)20-24(3)32;1-9(2,3)13-8(12)7-4-10(5-7)6-11;2*1-2/h5-6,8,10-11,22-24,26-27,29-30H,4,7,9,12-21,32H2,1-3H3;6-7H,4-5H2,1-3H3;1-2H3;1-2H/b10-6?,11-8-,25-5+;;;. The third-order valence-electron chi connectivity index (χ3n) is 9.89. The van der Waals surface area contributed by atoms with Gasteiger partial charge in [-0.2, -0.15) is 0 Å². The van der Waals surface area contributed by atoms with Crippen molar-refractivity contribution >= 4 is 12.4 Å². The summed E-state index contributed by atoms with van der Waals surface area (Å²) >= 11 is 0. The molecular weight excluding hydrogens is 633 g/mol. The van der Waals surface area contributed by atoms with Gasteiger partial charge in [-0.3, -0.25) is 9.59 Å². The molecule has 2 aliphatic carbocycles. The van der Waals surface area contributed by atoms with Crippen molar-refractivity contribution in [3.8, 4) is 12.8 Å². The van der Waals surface area contributed by atoms with Gasteiger partial charge in [0.1, 0.15) is 11.4 Å². The second-order valence-corrected chi connectivity index (χ2v) is 15.3. The Morgan fingerprint density at radius 2 is 1.65 bits per heavy atom. The van der Waals surface area contributed by atoms with Gasteiger partial charge in [0.2, 0.25) is 6.41 Å². The van der Waals surface area contributed by atoms with Crippen LogP contribution in [0, 0.1) is 42.4 Å². The lowest BCUT2D eigenvalue weighted by atomic mass is 9.71. The first kappa shape index (κ1) is 45.8. The minimum absolute atomic E-state index is 0.121. The van der Waals surface area contributed by atoms with Gasteiger partial charge in [0.25, 0.3) is 0 Å². The quantitative estimate of drug-likeness (QED) is 0.0766. The van der Waals surface area contributed by atoms with Crippen molar-refractivity contribution in [3.63, 3.8) is 0 Å². The number of carbonyl (C=O) groups excluding carboxylic acids is 2. The van der Waals surface area contributed by atoms with Crippen LogP contribution in [-0.2, 0) is 27.2 Å². The average Bonchev–Trinajstić information content (AvgIpc) is 3.08. The van der Waals surface area contributed by atoms with Gasteiger partial charge in [-0.05, 0) is 115 Å². The summed E-state index contributed by atoms with van der Waals surface area (Å²) in [6, 6.07) is 0.185. The van der Waals surface area contributed by atoms with E-state index in [4.69, 9.17) is 10.5 Å². The fourth-order valence-corrected chi connectivity index (χ4v) is 7.26. The van der Waals surface area contributed by atoms with Gasteiger partial charge in [-0.15, -0.1) is 12.8 Å². The Kier molecular flexibility index (Phi) is 23.0. The molecule has 3 unspecified atom stereocenters. The molecule has 286 valence electrons. The van der Waals surface area contributed by atoms with Crippen molar-refractivity contribution in [2.75, 3.05) is 13.1 Å². The summed E-state index contributed by atoms with van der Waals surface area (Å²) in [7, 11) is 0. The molecule has 2 fully saturated rings. The highest BCUT2D eigenvalue weighted by molar-refractivity contribution is 5.75. The van der Waals surface area contributed by atoms with Crippen molar-refractivity contribution in [1.29, 1.82) is 0 Å². The van der Waals surface area contributed by atoms with E-state index in [-0.39, 0.29) is 17.9 Å². The Morgan fingerprint density at radius 1 is 1.04 bits per heavy atom. The smallest absolute Gasteiger partial charge is 0.313 e. The first-order chi connectivity index (χ1) is 24.5. The molecule has 51 heavy (non-hydrogen) atoms. The fraction of sp³-hybridized carbons (Fsp3) is 0.682. The summed E-state index contributed by atoms with van der Waals surface area (Å²) < 4.78 is 5.15. The Hall–Kier alpha value is -3.24. The highest BCUT2D eigenvalue weighted by Crippen LogP contribution is 2.40. The number of carbonyl (C=O) groups is 2. The summed E-state index contributed by atoms with van der Waals surface area (Å²) in [4.78, 5) is 32.4. The number of rotatable bonds is 12. The van der Waals surface area contributed by atoms with E-state index in [1.165, 1.54) is 75.3 Å². The second kappa shape index (κ2) is 25.7. The fourth-order valence-electron chi connectivity index (χ4n) is 7.26. The molecule has 1 amide bonds. The molecule has 1 saturated heterocycles. The highest BCUT2D eigenvalue weighted by atomic mass is 16.6. The van der Waals surface area contributed by atoms with Crippen LogP contribution < -0.4 is 5.73 Å². The number of likely N-dealkylation sites (tertiary alicyclic amines) is 1. The SMILES string of the molecule is C#C.C/C=C(\C=C/Cc1ncc(CC2C=CCCC(C3CCC(CCC)CC3)CC2)cn1)CC(C)N.CC.CC(C)(C)OC(=O)C1CN(C=O)C1. The van der Waals surface area contributed by atoms with Gasteiger partial charge in [0, 0.05) is 37.9 Å². The molecule has 0 radical (unpaired) electrons. The Morgan fingerprint density at radius 3 is 2.20 bits per heavy atom. The van der Waals surface area contributed by atoms with Gasteiger partial charge in [0.05, 0.1) is 5.92 Å². The van der Waals surface area contributed by atoms with Crippen LogP contribution in [-0.4, -0.2) is 52.0 Å². The van der Waals surface area contributed by atoms with E-state index >= 15 is 0 Å². The lowest BCUT2D eigenvalue weighted by Crippen LogP contribution is -2.51. The maximum Gasteiger partial charge on any atom is 0.313 e. The first-order valence-electron chi connectivity index (χ1n) is 19.8. The van der Waals surface area contributed by atoms with Gasteiger partial charge in [-0.25, -0.2) is 9.97 Å². The number of hydrogen-bond acceptors (Lipinski definition) is 6. The minimum Gasteiger partial charge on any atom is -0.460 e. The van der Waals surface area contributed by atoms with Crippen LogP contribution in [0.2, 0.25) is 0 Å². The lowest BCUT2D eigenvalue weighted by molar-refractivity contribution is -0.166. The average molecular weight is 705 g/mol. The largest absolute Gasteiger partial charge is 0.460 e. The van der Waals surface area contributed by atoms with Gasteiger partial charge < -0.3 is 15.4 Å². The van der Waals surface area contributed by atoms with Gasteiger partial charge in [-0.1, -0.05) is 82.4 Å². The zero-order valence-corrected chi connectivity index (χ0v) is 33.5. The monoisotopic (exact) mass is 705 g/mol. The molecule has 2 heterocycles. The minimum atomic E-state index is -0.432. The molecule has 4 rings (SSSR count). The van der Waals surface area contributed by atoms with E-state index < -0.39 is 5.60 Å². The van der Waals surface area contributed by atoms with E-state index in [1.807, 2.05) is 53.9 Å². The lowest BCUT2D eigenvalue weighted by Gasteiger charge is -2.36. The third-order valence-corrected chi connectivity index (χ3v) is 9.89. The van der Waals surface area contributed by atoms with Crippen LogP contribution in [0.4, 0.5) is 0 Å². The molecule has 1 aromatic rings. The molecule has 0 bridgehead atoms. The number of nitrogens with zero attached hydrogens (tertiary/aromatic N) is 3. The molecule has 3 atom stereocenters. The third kappa shape index (κ3) is 18.7. The van der Waals surface area contributed by atoms with Crippen molar-refractivity contribution in [2.24, 2.45) is 35.3 Å². The summed E-state index contributed by atoms with van der Waals surface area (Å²) in [5.74, 6) is 4.12. The maximum atomic E-state index is 11.3. The van der Waals surface area contributed by atoms with Crippen molar-refractivity contribution < 1.29 is 14.3 Å². The van der Waals surface area contributed by atoms with Crippen molar-refractivity contribution in [2.45, 2.75) is 151 Å². The molecule has 0 spiro atoms. The van der Waals surface area contributed by atoms with E-state index in [1.54, 1.807) is 4.90 Å². The summed E-state index contributed by atoms with van der Waals surface area (Å²) in [5, 5.41) is 0. The normalized spacial score (nSPS) is 23.0. The maximum absolute atomic E-state index is 11.3. The van der Waals surface area contributed by atoms with Crippen LogP contribution >= 0.6 is 0 Å². The van der Waals surface area contributed by atoms with E-state index in [9.17, 15) is 9.59 Å².